The maximum absolute atomic E-state index is 13.1. The summed E-state index contributed by atoms with van der Waals surface area (Å²) in [6, 6.07) is 4.41. The Balaban J connectivity index is 1.40. The van der Waals surface area contributed by atoms with E-state index in [1.165, 1.54) is 28.7 Å². The number of carbonyl (C=O) groups is 1. The van der Waals surface area contributed by atoms with E-state index in [2.05, 4.69) is 15.4 Å². The minimum atomic E-state index is -3.69. The summed E-state index contributed by atoms with van der Waals surface area (Å²) in [5, 5.41) is 10.7. The summed E-state index contributed by atoms with van der Waals surface area (Å²) in [7, 11) is -3.69. The van der Waals surface area contributed by atoms with Crippen LogP contribution in [0.15, 0.2) is 29.3 Å². The van der Waals surface area contributed by atoms with Crippen molar-refractivity contribution >= 4 is 39.1 Å². The number of benzene rings is 1. The summed E-state index contributed by atoms with van der Waals surface area (Å²) in [5.41, 5.74) is 0.301. The molecular weight excluding hydrogens is 425 g/mol. The molecule has 1 aromatic carbocycles. The number of nitrogens with zero attached hydrogens (tertiary/aromatic N) is 4. The first-order valence-corrected chi connectivity index (χ1v) is 11.2. The Morgan fingerprint density at radius 2 is 1.68 bits per heavy atom. The molecule has 11 heteroatoms. The number of halogens is 2. The summed E-state index contributed by atoms with van der Waals surface area (Å²) in [6.45, 7) is 0.780. The highest BCUT2D eigenvalue weighted by Crippen LogP contribution is 2.50. The molecule has 2 aromatic rings. The standard InChI is InChI=1S/C17H17Cl2N5O3S/c18-9-3-10(19)5-11(4-9)28(26,27)23-7-12-13(8-23)16-2-1-15(12)24(16)17(25)14-6-20-22-21-14/h3-6,12-13,15-16H,1-2,7-8H2,(H,20,21,22)/t12-,13+,15-,16+. The normalized spacial score (nSPS) is 29.4. The SMILES string of the molecule is O=C(c1cn[nH]n1)N1[C@@H]2CC[C@H]1[C@H]1CN(S(=O)(=O)c3cc(Cl)cc(Cl)c3)C[C@H]12. The molecule has 1 N–H and O–H groups in total. The van der Waals surface area contributed by atoms with E-state index in [-0.39, 0.29) is 44.8 Å². The van der Waals surface area contributed by atoms with Crippen LogP contribution in [-0.2, 0) is 10.0 Å². The van der Waals surface area contributed by atoms with Crippen molar-refractivity contribution in [2.24, 2.45) is 11.8 Å². The van der Waals surface area contributed by atoms with Gasteiger partial charge in [0.15, 0.2) is 5.69 Å². The van der Waals surface area contributed by atoms with Gasteiger partial charge in [-0.3, -0.25) is 4.79 Å². The first-order valence-electron chi connectivity index (χ1n) is 9.01. The molecule has 4 heterocycles. The van der Waals surface area contributed by atoms with E-state index in [1.807, 2.05) is 4.90 Å². The van der Waals surface area contributed by atoms with Crippen LogP contribution in [0, 0.1) is 11.8 Å². The van der Waals surface area contributed by atoms with E-state index in [9.17, 15) is 13.2 Å². The Labute approximate surface area is 171 Å². The van der Waals surface area contributed by atoms with E-state index in [1.54, 1.807) is 0 Å². The third kappa shape index (κ3) is 2.67. The first-order chi connectivity index (χ1) is 13.4. The summed E-state index contributed by atoms with van der Waals surface area (Å²) >= 11 is 12.0. The fourth-order valence-corrected chi connectivity index (χ4v) is 7.34. The molecule has 4 atom stereocenters. The van der Waals surface area contributed by atoms with Gasteiger partial charge in [0, 0.05) is 35.2 Å². The van der Waals surface area contributed by atoms with Crippen LogP contribution in [0.1, 0.15) is 23.3 Å². The molecular formula is C17H17Cl2N5O3S. The van der Waals surface area contributed by atoms with Gasteiger partial charge in [-0.15, -0.1) is 0 Å². The van der Waals surface area contributed by atoms with Crippen molar-refractivity contribution in [2.75, 3.05) is 13.1 Å². The highest BCUT2D eigenvalue weighted by molar-refractivity contribution is 7.89. The van der Waals surface area contributed by atoms with Gasteiger partial charge >= 0.3 is 0 Å². The minimum Gasteiger partial charge on any atom is -0.331 e. The van der Waals surface area contributed by atoms with Crippen LogP contribution < -0.4 is 0 Å². The quantitative estimate of drug-likeness (QED) is 0.785. The van der Waals surface area contributed by atoms with Gasteiger partial charge in [0.25, 0.3) is 5.91 Å². The monoisotopic (exact) mass is 441 g/mol. The van der Waals surface area contributed by atoms with Gasteiger partial charge in [-0.25, -0.2) is 8.42 Å². The molecule has 3 aliphatic heterocycles. The van der Waals surface area contributed by atoms with Gasteiger partial charge < -0.3 is 4.90 Å². The van der Waals surface area contributed by atoms with Gasteiger partial charge in [-0.05, 0) is 42.9 Å². The van der Waals surface area contributed by atoms with Crippen LogP contribution in [0.4, 0.5) is 0 Å². The number of hydrogen-bond acceptors (Lipinski definition) is 5. The molecule has 1 aromatic heterocycles. The van der Waals surface area contributed by atoms with Gasteiger partial charge in [0.2, 0.25) is 10.0 Å². The van der Waals surface area contributed by atoms with Gasteiger partial charge in [-0.2, -0.15) is 19.7 Å². The fraction of sp³-hybridized carbons (Fsp3) is 0.471. The molecule has 1 amide bonds. The van der Waals surface area contributed by atoms with Crippen LogP contribution in [0.5, 0.6) is 0 Å². The largest absolute Gasteiger partial charge is 0.331 e. The predicted molar refractivity (Wildman–Crippen MR) is 102 cm³/mol. The van der Waals surface area contributed by atoms with Crippen LogP contribution in [0.25, 0.3) is 0 Å². The van der Waals surface area contributed by atoms with Gasteiger partial charge in [0.05, 0.1) is 11.1 Å². The maximum Gasteiger partial charge on any atom is 0.276 e. The lowest BCUT2D eigenvalue weighted by Crippen LogP contribution is -2.41. The number of aromatic amines is 1. The Kier molecular flexibility index (Phi) is 4.20. The van der Waals surface area contributed by atoms with E-state index in [4.69, 9.17) is 23.2 Å². The number of amides is 1. The van der Waals surface area contributed by atoms with Crippen LogP contribution in [0.2, 0.25) is 10.0 Å². The third-order valence-corrected chi connectivity index (χ3v) is 8.43. The number of hydrogen-bond donors (Lipinski definition) is 1. The Bertz CT molecular complexity index is 1000. The van der Waals surface area contributed by atoms with Gasteiger partial charge in [0.1, 0.15) is 0 Å². The van der Waals surface area contributed by atoms with E-state index in [0.717, 1.165) is 12.8 Å². The topological polar surface area (TPSA) is 99.3 Å². The highest BCUT2D eigenvalue weighted by atomic mass is 35.5. The van der Waals surface area contributed by atoms with E-state index >= 15 is 0 Å². The number of rotatable bonds is 3. The van der Waals surface area contributed by atoms with Crippen LogP contribution in [0.3, 0.4) is 0 Å². The molecule has 0 unspecified atom stereocenters. The van der Waals surface area contributed by atoms with Crippen LogP contribution >= 0.6 is 23.2 Å². The molecule has 3 fully saturated rings. The van der Waals surface area contributed by atoms with Crippen LogP contribution in [-0.4, -0.2) is 64.1 Å². The maximum atomic E-state index is 13.1. The second-order valence-corrected chi connectivity index (χ2v) is 10.3. The number of aromatic nitrogens is 3. The molecule has 8 nitrogen and oxygen atoms in total. The fourth-order valence-electron chi connectivity index (χ4n) is 5.10. The Hall–Kier alpha value is -1.68. The minimum absolute atomic E-state index is 0.0300. The first kappa shape index (κ1) is 18.4. The molecule has 0 aliphatic carbocycles. The van der Waals surface area contributed by atoms with Crippen molar-refractivity contribution in [2.45, 2.75) is 29.8 Å². The van der Waals surface area contributed by atoms with Crippen molar-refractivity contribution in [3.63, 3.8) is 0 Å². The molecule has 5 rings (SSSR count). The van der Waals surface area contributed by atoms with Crippen molar-refractivity contribution in [1.82, 2.24) is 24.6 Å². The average molecular weight is 442 g/mol. The molecule has 148 valence electrons. The zero-order chi connectivity index (χ0) is 19.6. The van der Waals surface area contributed by atoms with Gasteiger partial charge in [-0.1, -0.05) is 23.2 Å². The number of H-pyrrole nitrogens is 1. The number of carbonyl (C=O) groups excluding carboxylic acids is 1. The number of sulfonamides is 1. The van der Waals surface area contributed by atoms with Crippen molar-refractivity contribution in [3.05, 3.63) is 40.1 Å². The predicted octanol–water partition coefficient (Wildman–Crippen LogP) is 2.04. The molecule has 0 saturated carbocycles. The second-order valence-electron chi connectivity index (χ2n) is 7.53. The zero-order valence-corrected chi connectivity index (χ0v) is 17.0. The van der Waals surface area contributed by atoms with Crippen molar-refractivity contribution < 1.29 is 13.2 Å². The number of fused-ring (bicyclic) bond motifs is 5. The van der Waals surface area contributed by atoms with E-state index in [0.29, 0.717) is 18.8 Å². The molecule has 3 aliphatic rings. The van der Waals surface area contributed by atoms with Crippen molar-refractivity contribution in [1.29, 1.82) is 0 Å². The lowest BCUT2D eigenvalue weighted by Gasteiger charge is -2.26. The summed E-state index contributed by atoms with van der Waals surface area (Å²) in [4.78, 5) is 14.8. The molecule has 0 radical (unpaired) electrons. The smallest absolute Gasteiger partial charge is 0.276 e. The lowest BCUT2D eigenvalue weighted by molar-refractivity contribution is 0.0698. The number of nitrogens with one attached hydrogen (secondary N) is 1. The zero-order valence-electron chi connectivity index (χ0n) is 14.6. The summed E-state index contributed by atoms with van der Waals surface area (Å²) in [5.74, 6) is 0.116. The average Bonchev–Trinajstić information content (AvgIpc) is 3.41. The van der Waals surface area contributed by atoms with Crippen molar-refractivity contribution in [3.8, 4) is 0 Å². The lowest BCUT2D eigenvalue weighted by atomic mass is 9.82. The molecule has 0 spiro atoms. The van der Waals surface area contributed by atoms with E-state index < -0.39 is 10.0 Å². The third-order valence-electron chi connectivity index (χ3n) is 6.18. The molecule has 2 bridgehead atoms. The molecule has 28 heavy (non-hydrogen) atoms. The summed E-state index contributed by atoms with van der Waals surface area (Å²) < 4.78 is 27.7. The summed E-state index contributed by atoms with van der Waals surface area (Å²) in [6.07, 6.45) is 3.19. The highest BCUT2D eigenvalue weighted by Gasteiger charge is 2.59. The second kappa shape index (κ2) is 6.41. The Morgan fingerprint density at radius 1 is 1.07 bits per heavy atom. The molecule has 3 saturated heterocycles. The Morgan fingerprint density at radius 3 is 2.21 bits per heavy atom.